The monoisotopic (exact) mass is 420 g/mol. The predicted molar refractivity (Wildman–Crippen MR) is 92.6 cm³/mol. The highest BCUT2D eigenvalue weighted by atomic mass is 35.5. The van der Waals surface area contributed by atoms with E-state index in [2.05, 4.69) is 10.9 Å². The van der Waals surface area contributed by atoms with Crippen molar-refractivity contribution in [1.29, 1.82) is 0 Å². The van der Waals surface area contributed by atoms with Gasteiger partial charge >= 0.3 is 5.51 Å². The number of benzene rings is 2. The van der Waals surface area contributed by atoms with Crippen molar-refractivity contribution in [3.63, 3.8) is 0 Å². The smallest absolute Gasteiger partial charge is 0.446 e. The topological polar surface area (TPSA) is 87.7 Å². The number of thioether (sulfide) groups is 1. The lowest BCUT2D eigenvalue weighted by Gasteiger charge is -2.10. The molecule has 0 unspecified atom stereocenters. The fourth-order valence-corrected chi connectivity index (χ4v) is 2.52. The summed E-state index contributed by atoms with van der Waals surface area (Å²) in [5.41, 5.74) is -0.386. The number of ether oxygens (including phenoxy) is 1. The fourth-order valence-electron chi connectivity index (χ4n) is 1.81. The molecule has 2 aromatic carbocycles. The van der Waals surface area contributed by atoms with Crippen LogP contribution in [0.25, 0.3) is 0 Å². The summed E-state index contributed by atoms with van der Waals surface area (Å²) in [4.78, 5) is 23.5. The van der Waals surface area contributed by atoms with Gasteiger partial charge < -0.3 is 9.84 Å². The van der Waals surface area contributed by atoms with Crippen molar-refractivity contribution in [3.8, 4) is 11.5 Å². The van der Waals surface area contributed by atoms with E-state index >= 15 is 0 Å². The summed E-state index contributed by atoms with van der Waals surface area (Å²) < 4.78 is 41.8. The number of hydrazine groups is 1. The van der Waals surface area contributed by atoms with Gasteiger partial charge in [-0.15, -0.1) is 0 Å². The highest BCUT2D eigenvalue weighted by molar-refractivity contribution is 8.00. The molecular formula is C16H12ClF3N2O4S. The third-order valence-corrected chi connectivity index (χ3v) is 3.92. The number of rotatable bonds is 5. The number of aromatic hydroxyl groups is 1. The molecule has 0 saturated carbocycles. The molecule has 0 heterocycles. The summed E-state index contributed by atoms with van der Waals surface area (Å²) in [5.74, 6) is -1.66. The van der Waals surface area contributed by atoms with Crippen molar-refractivity contribution < 1.29 is 32.6 Å². The lowest BCUT2D eigenvalue weighted by molar-refractivity contribution is -0.123. The van der Waals surface area contributed by atoms with Gasteiger partial charge in [0.2, 0.25) is 0 Å². The summed E-state index contributed by atoms with van der Waals surface area (Å²) >= 11 is 5.46. The van der Waals surface area contributed by atoms with Crippen LogP contribution in [0.1, 0.15) is 10.4 Å². The van der Waals surface area contributed by atoms with E-state index in [1.165, 1.54) is 42.5 Å². The molecule has 11 heteroatoms. The maximum absolute atomic E-state index is 12.2. The maximum atomic E-state index is 12.2. The first-order valence-corrected chi connectivity index (χ1v) is 8.40. The van der Waals surface area contributed by atoms with E-state index < -0.39 is 23.9 Å². The first-order chi connectivity index (χ1) is 12.6. The first-order valence-electron chi connectivity index (χ1n) is 7.20. The van der Waals surface area contributed by atoms with E-state index in [0.29, 0.717) is 0 Å². The van der Waals surface area contributed by atoms with Crippen LogP contribution in [0.4, 0.5) is 13.2 Å². The van der Waals surface area contributed by atoms with Crippen LogP contribution in [0.2, 0.25) is 5.02 Å². The summed E-state index contributed by atoms with van der Waals surface area (Å²) in [6, 6.07) is 8.80. The van der Waals surface area contributed by atoms with E-state index in [1.54, 1.807) is 0 Å². The largest absolute Gasteiger partial charge is 0.507 e. The highest BCUT2D eigenvalue weighted by Crippen LogP contribution is 2.37. The van der Waals surface area contributed by atoms with Gasteiger partial charge in [-0.2, -0.15) is 13.2 Å². The third-order valence-electron chi connectivity index (χ3n) is 2.95. The number of amides is 2. The summed E-state index contributed by atoms with van der Waals surface area (Å²) in [7, 11) is 0. The predicted octanol–water partition coefficient (Wildman–Crippen LogP) is 3.50. The highest BCUT2D eigenvalue weighted by Gasteiger charge is 2.29. The molecule has 0 aliphatic carbocycles. The van der Waals surface area contributed by atoms with Crippen LogP contribution in [0, 0.1) is 0 Å². The number of halogens is 4. The molecule has 0 radical (unpaired) electrons. The Morgan fingerprint density at radius 2 is 1.78 bits per heavy atom. The Kier molecular flexibility index (Phi) is 6.81. The van der Waals surface area contributed by atoms with Crippen LogP contribution < -0.4 is 15.6 Å². The van der Waals surface area contributed by atoms with Crippen molar-refractivity contribution >= 4 is 35.2 Å². The van der Waals surface area contributed by atoms with Gasteiger partial charge in [0.25, 0.3) is 11.8 Å². The van der Waals surface area contributed by atoms with E-state index in [1.807, 2.05) is 0 Å². The van der Waals surface area contributed by atoms with Gasteiger partial charge in [0.05, 0.1) is 5.56 Å². The quantitative estimate of drug-likeness (QED) is 0.509. The number of phenols is 1. The molecule has 0 fully saturated rings. The van der Waals surface area contributed by atoms with Crippen molar-refractivity contribution in [2.75, 3.05) is 6.61 Å². The van der Waals surface area contributed by atoms with E-state index in [9.17, 15) is 27.9 Å². The van der Waals surface area contributed by atoms with Crippen LogP contribution >= 0.6 is 23.4 Å². The first kappa shape index (κ1) is 20.7. The van der Waals surface area contributed by atoms with E-state index in [4.69, 9.17) is 16.3 Å². The molecule has 0 atom stereocenters. The van der Waals surface area contributed by atoms with Gasteiger partial charge in [0.1, 0.15) is 11.5 Å². The number of hydrogen-bond donors (Lipinski definition) is 3. The molecule has 144 valence electrons. The van der Waals surface area contributed by atoms with Crippen LogP contribution in [0.3, 0.4) is 0 Å². The second-order valence-electron chi connectivity index (χ2n) is 4.97. The van der Waals surface area contributed by atoms with E-state index in [-0.39, 0.29) is 38.7 Å². The van der Waals surface area contributed by atoms with Crippen molar-refractivity contribution in [3.05, 3.63) is 53.1 Å². The Morgan fingerprint density at radius 3 is 2.41 bits per heavy atom. The molecule has 0 saturated heterocycles. The summed E-state index contributed by atoms with van der Waals surface area (Å²) in [5, 5.41) is 9.81. The van der Waals surface area contributed by atoms with Crippen molar-refractivity contribution in [1.82, 2.24) is 10.9 Å². The number of alkyl halides is 3. The van der Waals surface area contributed by atoms with Gasteiger partial charge in [-0.1, -0.05) is 11.6 Å². The van der Waals surface area contributed by atoms with Gasteiger partial charge in [-0.05, 0) is 54.2 Å². The van der Waals surface area contributed by atoms with Crippen LogP contribution in [0.5, 0.6) is 11.5 Å². The third kappa shape index (κ3) is 6.91. The lowest BCUT2D eigenvalue weighted by Crippen LogP contribution is -2.43. The van der Waals surface area contributed by atoms with Crippen LogP contribution in [0.15, 0.2) is 47.4 Å². The average molecular weight is 421 g/mol. The second kappa shape index (κ2) is 8.87. The molecule has 2 rings (SSSR count). The minimum absolute atomic E-state index is 0.0205. The number of hydrogen-bond acceptors (Lipinski definition) is 5. The molecule has 0 bridgehead atoms. The minimum Gasteiger partial charge on any atom is -0.507 e. The maximum Gasteiger partial charge on any atom is 0.446 e. The Labute approximate surface area is 160 Å². The zero-order valence-electron chi connectivity index (χ0n) is 13.3. The Morgan fingerprint density at radius 1 is 1.11 bits per heavy atom. The summed E-state index contributed by atoms with van der Waals surface area (Å²) in [6.45, 7) is -0.492. The van der Waals surface area contributed by atoms with Crippen LogP contribution in [-0.2, 0) is 4.79 Å². The number of carbonyl (C=O) groups is 2. The number of carbonyl (C=O) groups excluding carboxylic acids is 2. The average Bonchev–Trinajstić information content (AvgIpc) is 2.59. The lowest BCUT2D eigenvalue weighted by atomic mass is 10.2. The van der Waals surface area contributed by atoms with Gasteiger partial charge in [0, 0.05) is 9.92 Å². The fraction of sp³-hybridized carbons (Fsp3) is 0.125. The number of phenolic OH excluding ortho intramolecular Hbond substituents is 1. The van der Waals surface area contributed by atoms with Gasteiger partial charge in [-0.3, -0.25) is 20.4 Å². The minimum atomic E-state index is -4.39. The second-order valence-corrected chi connectivity index (χ2v) is 6.55. The SMILES string of the molecule is O=C(COc1ccc(SC(F)(F)F)cc1)NNC(=O)c1cc(Cl)ccc1O. The van der Waals surface area contributed by atoms with Gasteiger partial charge in [0.15, 0.2) is 6.61 Å². The zero-order valence-corrected chi connectivity index (χ0v) is 14.9. The molecule has 2 amide bonds. The van der Waals surface area contributed by atoms with Gasteiger partial charge in [-0.25, -0.2) is 0 Å². The van der Waals surface area contributed by atoms with Crippen molar-refractivity contribution in [2.45, 2.75) is 10.4 Å². The zero-order chi connectivity index (χ0) is 20.0. The molecular weight excluding hydrogens is 409 g/mol. The Hall–Kier alpha value is -2.59. The molecule has 0 spiro atoms. The van der Waals surface area contributed by atoms with Crippen LogP contribution in [-0.4, -0.2) is 29.0 Å². The van der Waals surface area contributed by atoms with Crippen molar-refractivity contribution in [2.24, 2.45) is 0 Å². The summed E-state index contributed by atoms with van der Waals surface area (Å²) in [6.07, 6.45) is 0. The Bertz CT molecular complexity index is 831. The van der Waals surface area contributed by atoms with E-state index in [0.717, 1.165) is 0 Å². The standard InChI is InChI=1S/C16H12ClF3N2O4S/c17-9-1-6-13(23)12(7-9)15(25)22-21-14(24)8-26-10-2-4-11(5-3-10)27-16(18,19)20/h1-7,23H,8H2,(H,21,24)(H,22,25). The molecule has 0 aliphatic rings. The molecule has 0 aliphatic heterocycles. The Balaban J connectivity index is 1.81. The number of nitrogens with one attached hydrogen (secondary N) is 2. The molecule has 3 N–H and O–H groups in total. The molecule has 6 nitrogen and oxygen atoms in total. The molecule has 2 aromatic rings. The molecule has 27 heavy (non-hydrogen) atoms. The normalized spacial score (nSPS) is 11.0. The molecule has 0 aromatic heterocycles.